The van der Waals surface area contributed by atoms with Gasteiger partial charge in [-0.2, -0.15) is 0 Å². The van der Waals surface area contributed by atoms with E-state index in [2.05, 4.69) is 53.2 Å². The number of halogens is 1. The summed E-state index contributed by atoms with van der Waals surface area (Å²) < 4.78 is 12.5. The van der Waals surface area contributed by atoms with E-state index >= 15 is 9.59 Å². The fraction of sp³-hybridized carbons (Fsp3) is 0.422. The smallest absolute Gasteiger partial charge is 0.306 e. The number of rotatable bonds is 19. The van der Waals surface area contributed by atoms with E-state index in [1.54, 1.807) is 17.1 Å². The maximum Gasteiger partial charge on any atom is 0.306 e. The number of nitrogens with one attached hydrogen (secondary N) is 1. The number of aliphatic hydroxyl groups excluding tert-OH is 1. The zero-order valence-electron chi connectivity index (χ0n) is 32.7. The van der Waals surface area contributed by atoms with Crippen molar-refractivity contribution in [3.63, 3.8) is 0 Å². The number of esters is 1. The number of fused-ring (bicyclic) bond motifs is 1. The Hall–Kier alpha value is -4.78. The number of anilines is 2. The van der Waals surface area contributed by atoms with Crippen LogP contribution in [0.1, 0.15) is 50.3 Å². The summed E-state index contributed by atoms with van der Waals surface area (Å²) in [6.07, 6.45) is 3.74. The molecule has 57 heavy (non-hydrogen) atoms. The first-order valence-electron chi connectivity index (χ1n) is 19.8. The zero-order valence-corrected chi connectivity index (χ0v) is 34.3. The molecule has 6 rings (SSSR count). The average molecular weight is 842 g/mol. The van der Waals surface area contributed by atoms with Gasteiger partial charge in [0.05, 0.1) is 36.6 Å². The van der Waals surface area contributed by atoms with Crippen LogP contribution in [0.5, 0.6) is 0 Å². The van der Waals surface area contributed by atoms with Gasteiger partial charge < -0.3 is 34.6 Å². The van der Waals surface area contributed by atoms with Crippen molar-refractivity contribution in [3.8, 4) is 0 Å². The summed E-state index contributed by atoms with van der Waals surface area (Å²) in [6, 6.07) is 23.8. The fourth-order valence-electron chi connectivity index (χ4n) is 8.85. The second kappa shape index (κ2) is 18.7. The first kappa shape index (κ1) is 41.8. The highest BCUT2D eigenvalue weighted by Gasteiger charge is 2.77. The van der Waals surface area contributed by atoms with Crippen LogP contribution in [-0.4, -0.2) is 95.2 Å². The molecule has 3 aromatic carbocycles. The number of ether oxygens (including phenoxy) is 2. The first-order valence-corrected chi connectivity index (χ1v) is 20.7. The zero-order chi connectivity index (χ0) is 40.7. The molecule has 12 heteroatoms. The van der Waals surface area contributed by atoms with Crippen LogP contribution in [-0.2, 0) is 35.1 Å². The summed E-state index contributed by atoms with van der Waals surface area (Å²) in [5.74, 6) is -3.70. The number of benzene rings is 3. The van der Waals surface area contributed by atoms with Crippen molar-refractivity contribution in [3.05, 3.63) is 121 Å². The second-order valence-electron chi connectivity index (χ2n) is 14.8. The molecule has 0 saturated carbocycles. The van der Waals surface area contributed by atoms with Gasteiger partial charge in [-0.05, 0) is 68.5 Å². The molecule has 11 nitrogen and oxygen atoms in total. The number of carbonyl (C=O) groups is 4. The largest absolute Gasteiger partial charge is 0.463 e. The topological polar surface area (TPSA) is 129 Å². The van der Waals surface area contributed by atoms with Gasteiger partial charge in [-0.1, -0.05) is 88.7 Å². The van der Waals surface area contributed by atoms with Gasteiger partial charge in [0, 0.05) is 42.3 Å². The Labute approximate surface area is 343 Å². The quantitative estimate of drug-likeness (QED) is 0.0886. The van der Waals surface area contributed by atoms with E-state index in [1.807, 2.05) is 84.9 Å². The summed E-state index contributed by atoms with van der Waals surface area (Å²) in [5.41, 5.74) is 1.85. The number of amides is 3. The second-order valence-corrected chi connectivity index (χ2v) is 16.0. The lowest BCUT2D eigenvalue weighted by atomic mass is 9.70. The Morgan fingerprint density at radius 3 is 2.26 bits per heavy atom. The van der Waals surface area contributed by atoms with Crippen molar-refractivity contribution in [1.29, 1.82) is 0 Å². The molecule has 1 spiro atoms. The molecule has 0 aromatic heterocycles. The van der Waals surface area contributed by atoms with Crippen molar-refractivity contribution in [1.82, 2.24) is 10.2 Å². The minimum atomic E-state index is -1.39. The fourth-order valence-corrected chi connectivity index (χ4v) is 9.79. The number of aliphatic hydroxyl groups is 1. The number of nitrogens with zero attached hydrogens (tertiary/aromatic N) is 3. The Bertz CT molecular complexity index is 1890. The van der Waals surface area contributed by atoms with Crippen LogP contribution in [0.3, 0.4) is 0 Å². The van der Waals surface area contributed by atoms with Crippen LogP contribution in [0.2, 0.25) is 0 Å². The minimum Gasteiger partial charge on any atom is -0.463 e. The molecule has 3 aromatic rings. The predicted octanol–water partition coefficient (Wildman–Crippen LogP) is 5.77. The van der Waals surface area contributed by atoms with E-state index in [-0.39, 0.29) is 36.7 Å². The normalized spacial score (nSPS) is 24.3. The Balaban J connectivity index is 1.38. The van der Waals surface area contributed by atoms with Crippen molar-refractivity contribution in [2.75, 3.05) is 42.6 Å². The molecule has 3 aliphatic rings. The molecule has 0 aliphatic carbocycles. The third kappa shape index (κ3) is 8.44. The molecule has 3 saturated heterocycles. The highest BCUT2D eigenvalue weighted by Crippen LogP contribution is 2.60. The van der Waals surface area contributed by atoms with Gasteiger partial charge in [-0.15, -0.1) is 13.2 Å². The molecule has 0 radical (unpaired) electrons. The van der Waals surface area contributed by atoms with Gasteiger partial charge in [0.1, 0.15) is 18.2 Å². The summed E-state index contributed by atoms with van der Waals surface area (Å²) >= 11 is 3.79. The molecule has 8 atom stereocenters. The molecular weight excluding hydrogens is 788 g/mol. The summed E-state index contributed by atoms with van der Waals surface area (Å²) in [5, 5.41) is 14.1. The van der Waals surface area contributed by atoms with E-state index in [1.165, 1.54) is 4.90 Å². The lowest BCUT2D eigenvalue weighted by Crippen LogP contribution is -2.59. The molecule has 1 unspecified atom stereocenters. The lowest BCUT2D eigenvalue weighted by Gasteiger charge is -2.39. The third-order valence-corrected chi connectivity index (χ3v) is 12.4. The number of hydrogen-bond donors (Lipinski definition) is 2. The van der Waals surface area contributed by atoms with Crippen LogP contribution in [0, 0.1) is 11.8 Å². The summed E-state index contributed by atoms with van der Waals surface area (Å²) in [6.45, 7) is 13.1. The van der Waals surface area contributed by atoms with Crippen LogP contribution in [0.25, 0.3) is 0 Å². The van der Waals surface area contributed by atoms with Crippen molar-refractivity contribution < 1.29 is 33.8 Å². The monoisotopic (exact) mass is 840 g/mol. The van der Waals surface area contributed by atoms with Crippen LogP contribution < -0.4 is 15.1 Å². The SMILES string of the molecule is C=CCCC(=O)OC[C@@H](NC(=O)[C@@H]1[C@H]2O[C@@]3(CC2Br)[C@H](C(=O)N(CC=C)c2ccc(N(CC)CC)cc2)N([C@@H](CO)Cc2ccccc2)C(=O)[C@@H]13)c1ccccc1. The van der Waals surface area contributed by atoms with Crippen molar-refractivity contribution in [2.45, 2.75) is 74.2 Å². The average Bonchev–Trinajstić information content (AvgIpc) is 3.84. The van der Waals surface area contributed by atoms with Crippen molar-refractivity contribution in [2.24, 2.45) is 11.8 Å². The molecule has 302 valence electrons. The van der Waals surface area contributed by atoms with Gasteiger partial charge >= 0.3 is 5.97 Å². The molecule has 3 aliphatic heterocycles. The van der Waals surface area contributed by atoms with Gasteiger partial charge in [0.15, 0.2) is 0 Å². The van der Waals surface area contributed by atoms with E-state index in [4.69, 9.17) is 9.47 Å². The standard InChI is InChI=1S/C45H53BrN4O7/c1-5-9-20-37(52)56-29-36(31-18-14-11-15-19-31)47-42(53)38-39-43(54)50(34(28-51)26-30-16-12-10-13-17-30)41(45(39)27-35(46)40(38)57-45)44(55)49(25-6-2)33-23-21-32(22-24-33)48(7-3)8-4/h5-6,10-19,21-24,34-36,38-41,51H,1-2,7-9,20,25-29H2,3-4H3,(H,47,53)/t34-,35?,36-,38+,39-,40+,41+,45-/m1/s1. The van der Waals surface area contributed by atoms with Crippen LogP contribution >= 0.6 is 15.9 Å². The molecule has 3 fully saturated rings. The van der Waals surface area contributed by atoms with Gasteiger partial charge in [0.25, 0.3) is 5.91 Å². The maximum atomic E-state index is 15.3. The van der Waals surface area contributed by atoms with E-state index in [0.717, 1.165) is 29.9 Å². The van der Waals surface area contributed by atoms with Gasteiger partial charge in [-0.3, -0.25) is 19.2 Å². The van der Waals surface area contributed by atoms with Crippen LogP contribution in [0.15, 0.2) is 110 Å². The van der Waals surface area contributed by atoms with Gasteiger partial charge in [-0.25, -0.2) is 0 Å². The summed E-state index contributed by atoms with van der Waals surface area (Å²) in [7, 11) is 0. The molecule has 2 bridgehead atoms. The van der Waals surface area contributed by atoms with E-state index in [0.29, 0.717) is 18.5 Å². The number of likely N-dealkylation sites (tertiary alicyclic amines) is 1. The maximum absolute atomic E-state index is 15.3. The summed E-state index contributed by atoms with van der Waals surface area (Å²) in [4.78, 5) is 62.6. The lowest BCUT2D eigenvalue weighted by molar-refractivity contribution is -0.146. The third-order valence-electron chi connectivity index (χ3n) is 11.5. The first-order chi connectivity index (χ1) is 27.6. The molecule has 3 heterocycles. The number of carbonyl (C=O) groups excluding carboxylic acids is 4. The predicted molar refractivity (Wildman–Crippen MR) is 224 cm³/mol. The Kier molecular flexibility index (Phi) is 13.7. The molecule has 3 amide bonds. The van der Waals surface area contributed by atoms with E-state index < -0.39 is 66.1 Å². The van der Waals surface area contributed by atoms with E-state index in [9.17, 15) is 14.7 Å². The molecular formula is C45H53BrN4O7. The highest BCUT2D eigenvalue weighted by atomic mass is 79.9. The number of alkyl halides is 1. The number of allylic oxidation sites excluding steroid dienone is 1. The number of hydrogen-bond acceptors (Lipinski definition) is 8. The highest BCUT2D eigenvalue weighted by molar-refractivity contribution is 9.09. The Morgan fingerprint density at radius 2 is 1.65 bits per heavy atom. The van der Waals surface area contributed by atoms with Crippen molar-refractivity contribution >= 4 is 51.0 Å². The molecule has 2 N–H and O–H groups in total. The Morgan fingerprint density at radius 1 is 1.00 bits per heavy atom. The van der Waals surface area contributed by atoms with Gasteiger partial charge in [0.2, 0.25) is 11.8 Å². The van der Waals surface area contributed by atoms with Crippen LogP contribution in [0.4, 0.5) is 11.4 Å². The minimum absolute atomic E-state index is 0.119.